The van der Waals surface area contributed by atoms with E-state index in [-0.39, 0.29) is 42.0 Å². The summed E-state index contributed by atoms with van der Waals surface area (Å²) in [6.07, 6.45) is 0.760. The second kappa shape index (κ2) is 9.94. The Morgan fingerprint density at radius 2 is 1.78 bits per heavy atom. The van der Waals surface area contributed by atoms with E-state index in [0.717, 1.165) is 23.2 Å². The molecule has 0 fully saturated rings. The van der Waals surface area contributed by atoms with Crippen molar-refractivity contribution in [3.05, 3.63) is 82.2 Å². The van der Waals surface area contributed by atoms with Crippen LogP contribution in [-0.2, 0) is 16.1 Å². The van der Waals surface area contributed by atoms with E-state index in [2.05, 4.69) is 5.10 Å². The number of amides is 2. The summed E-state index contributed by atoms with van der Waals surface area (Å²) in [7, 11) is 0. The van der Waals surface area contributed by atoms with Gasteiger partial charge in [-0.1, -0.05) is 0 Å². The summed E-state index contributed by atoms with van der Waals surface area (Å²) in [5.74, 6) is -5.43. The first-order chi connectivity index (χ1) is 17.5. The third kappa shape index (κ3) is 4.98. The van der Waals surface area contributed by atoms with E-state index in [1.165, 1.54) is 12.1 Å². The number of aliphatic carboxylic acids is 1. The molecule has 2 heterocycles. The standard InChI is InChI=1S/C26H24F2N4O5/c1-13-5-23(20(10-18(13)25(29)35)22-6-14(2)32(30-22)3-4-33)31-12-21(26(36)37)19(11-24(31)34)15-7-16(27)9-17(28)8-15/h5-10,12,19,33H,3-4,11H2,1-2H3,(H2,29,35)(H,36,37). The maximum Gasteiger partial charge on any atom is 0.333 e. The predicted octanol–water partition coefficient (Wildman–Crippen LogP) is 3.03. The van der Waals surface area contributed by atoms with Crippen LogP contribution in [0.15, 0.2) is 48.2 Å². The monoisotopic (exact) mass is 510 g/mol. The van der Waals surface area contributed by atoms with Gasteiger partial charge in [-0.25, -0.2) is 13.6 Å². The molecule has 11 heteroatoms. The minimum absolute atomic E-state index is 0.0259. The number of aliphatic hydroxyl groups is 1. The van der Waals surface area contributed by atoms with Crippen LogP contribution >= 0.6 is 0 Å². The number of carbonyl (C=O) groups is 3. The molecule has 0 aliphatic carbocycles. The summed E-state index contributed by atoms with van der Waals surface area (Å²) in [6.45, 7) is 3.45. The van der Waals surface area contributed by atoms with Gasteiger partial charge >= 0.3 is 5.97 Å². The van der Waals surface area contributed by atoms with E-state index in [4.69, 9.17) is 5.73 Å². The van der Waals surface area contributed by atoms with E-state index in [9.17, 15) is 33.4 Å². The molecule has 4 N–H and O–H groups in total. The first-order valence-corrected chi connectivity index (χ1v) is 11.3. The van der Waals surface area contributed by atoms with E-state index in [1.807, 2.05) is 0 Å². The summed E-state index contributed by atoms with van der Waals surface area (Å²) in [5, 5.41) is 23.7. The Morgan fingerprint density at radius 1 is 1.11 bits per heavy atom. The number of primary amides is 1. The number of rotatable bonds is 7. The molecule has 0 saturated heterocycles. The number of anilines is 1. The molecule has 37 heavy (non-hydrogen) atoms. The molecule has 0 radical (unpaired) electrons. The van der Waals surface area contributed by atoms with Gasteiger partial charge in [0.05, 0.1) is 30.1 Å². The normalized spacial score (nSPS) is 15.6. The van der Waals surface area contributed by atoms with Gasteiger partial charge in [-0.15, -0.1) is 0 Å². The smallest absolute Gasteiger partial charge is 0.333 e. The van der Waals surface area contributed by atoms with Crippen molar-refractivity contribution in [2.75, 3.05) is 11.5 Å². The number of aryl methyl sites for hydroxylation is 2. The Labute approximate surface area is 210 Å². The van der Waals surface area contributed by atoms with Gasteiger partial charge in [0.25, 0.3) is 0 Å². The summed E-state index contributed by atoms with van der Waals surface area (Å²) in [4.78, 5) is 38.7. The lowest BCUT2D eigenvalue weighted by molar-refractivity contribution is -0.133. The van der Waals surface area contributed by atoms with Crippen LogP contribution in [0.1, 0.15) is 39.5 Å². The van der Waals surface area contributed by atoms with Gasteiger partial charge in [-0.05, 0) is 55.3 Å². The van der Waals surface area contributed by atoms with Crippen LogP contribution in [0, 0.1) is 25.5 Å². The third-order valence-electron chi connectivity index (χ3n) is 6.26. The molecule has 9 nitrogen and oxygen atoms in total. The van der Waals surface area contributed by atoms with Crippen molar-refractivity contribution >= 4 is 23.5 Å². The molecule has 2 aromatic carbocycles. The second-order valence-electron chi connectivity index (χ2n) is 8.78. The van der Waals surface area contributed by atoms with Crippen molar-refractivity contribution in [2.45, 2.75) is 32.7 Å². The van der Waals surface area contributed by atoms with Crippen molar-refractivity contribution in [1.29, 1.82) is 0 Å². The lowest BCUT2D eigenvalue weighted by atomic mass is 9.85. The highest BCUT2D eigenvalue weighted by Crippen LogP contribution is 2.40. The van der Waals surface area contributed by atoms with Crippen LogP contribution in [0.3, 0.4) is 0 Å². The largest absolute Gasteiger partial charge is 0.478 e. The molecular formula is C26H24F2N4O5. The highest BCUT2D eigenvalue weighted by atomic mass is 19.1. The molecule has 1 aliphatic rings. The van der Waals surface area contributed by atoms with Gasteiger partial charge in [-0.2, -0.15) is 5.10 Å². The summed E-state index contributed by atoms with van der Waals surface area (Å²) in [6, 6.07) is 7.38. The Bertz CT molecular complexity index is 1440. The third-order valence-corrected chi connectivity index (χ3v) is 6.26. The van der Waals surface area contributed by atoms with Crippen LogP contribution < -0.4 is 10.6 Å². The molecule has 1 aliphatic heterocycles. The van der Waals surface area contributed by atoms with Gasteiger partial charge in [0.2, 0.25) is 11.8 Å². The van der Waals surface area contributed by atoms with Gasteiger partial charge in [-0.3, -0.25) is 19.2 Å². The highest BCUT2D eigenvalue weighted by Gasteiger charge is 2.35. The number of halogens is 2. The predicted molar refractivity (Wildman–Crippen MR) is 130 cm³/mol. The molecular weight excluding hydrogens is 486 g/mol. The topological polar surface area (TPSA) is 139 Å². The van der Waals surface area contributed by atoms with Crippen molar-refractivity contribution in [1.82, 2.24) is 9.78 Å². The molecule has 1 atom stereocenters. The Morgan fingerprint density at radius 3 is 2.38 bits per heavy atom. The summed E-state index contributed by atoms with van der Waals surface area (Å²) >= 11 is 0. The average Bonchev–Trinajstić information content (AvgIpc) is 3.17. The molecule has 0 bridgehead atoms. The molecule has 2 amide bonds. The number of carboxylic acid groups (broad SMARTS) is 1. The number of benzene rings is 2. The zero-order valence-corrected chi connectivity index (χ0v) is 20.0. The van der Waals surface area contributed by atoms with E-state index < -0.39 is 35.3 Å². The Kier molecular flexibility index (Phi) is 6.90. The van der Waals surface area contributed by atoms with Gasteiger partial charge < -0.3 is 15.9 Å². The van der Waals surface area contributed by atoms with Gasteiger partial charge in [0.1, 0.15) is 11.6 Å². The van der Waals surface area contributed by atoms with E-state index in [1.54, 1.807) is 24.6 Å². The first kappa shape index (κ1) is 25.7. The molecule has 1 unspecified atom stereocenters. The van der Waals surface area contributed by atoms with Crippen LogP contribution in [0.25, 0.3) is 11.3 Å². The zero-order valence-electron chi connectivity index (χ0n) is 20.0. The van der Waals surface area contributed by atoms with Crippen molar-refractivity contribution in [2.24, 2.45) is 5.73 Å². The quantitative estimate of drug-likeness (QED) is 0.447. The summed E-state index contributed by atoms with van der Waals surface area (Å²) < 4.78 is 29.3. The maximum absolute atomic E-state index is 13.9. The number of nitrogens with zero attached hydrogens (tertiary/aromatic N) is 3. The minimum atomic E-state index is -1.36. The van der Waals surface area contributed by atoms with Gasteiger partial charge in [0, 0.05) is 41.4 Å². The highest BCUT2D eigenvalue weighted by molar-refractivity contribution is 6.06. The number of hydrogen-bond acceptors (Lipinski definition) is 5. The molecule has 1 aromatic heterocycles. The number of aromatic nitrogens is 2. The number of hydrogen-bond donors (Lipinski definition) is 3. The molecule has 0 saturated carbocycles. The van der Waals surface area contributed by atoms with E-state index in [0.29, 0.717) is 28.6 Å². The van der Waals surface area contributed by atoms with Crippen molar-refractivity contribution < 1.29 is 33.4 Å². The van der Waals surface area contributed by atoms with Crippen LogP contribution in [-0.4, -0.2) is 44.4 Å². The molecule has 3 aromatic rings. The fraction of sp³-hybridized carbons (Fsp3) is 0.231. The Balaban J connectivity index is 1.90. The van der Waals surface area contributed by atoms with Crippen molar-refractivity contribution in [3.8, 4) is 11.3 Å². The van der Waals surface area contributed by atoms with Crippen LogP contribution in [0.2, 0.25) is 0 Å². The SMILES string of the molecule is Cc1cc(N2C=C(C(=O)O)C(c3cc(F)cc(F)c3)CC2=O)c(-c2cc(C)n(CCO)n2)cc1C(N)=O. The molecule has 0 spiro atoms. The summed E-state index contributed by atoms with van der Waals surface area (Å²) in [5.41, 5.74) is 7.63. The minimum Gasteiger partial charge on any atom is -0.478 e. The van der Waals surface area contributed by atoms with Crippen LogP contribution in [0.5, 0.6) is 0 Å². The zero-order chi connectivity index (χ0) is 27.0. The number of aliphatic hydroxyl groups excluding tert-OH is 1. The fourth-order valence-corrected chi connectivity index (χ4v) is 4.49. The molecule has 4 rings (SSSR count). The average molecular weight is 510 g/mol. The second-order valence-corrected chi connectivity index (χ2v) is 8.78. The maximum atomic E-state index is 13.9. The molecule has 192 valence electrons. The van der Waals surface area contributed by atoms with Crippen molar-refractivity contribution in [3.63, 3.8) is 0 Å². The first-order valence-electron chi connectivity index (χ1n) is 11.3. The Hall–Kier alpha value is -4.38. The lowest BCUT2D eigenvalue weighted by Crippen LogP contribution is -2.35. The number of nitrogens with two attached hydrogens (primary N) is 1. The van der Waals surface area contributed by atoms with E-state index >= 15 is 0 Å². The van der Waals surface area contributed by atoms with Crippen LogP contribution in [0.4, 0.5) is 14.5 Å². The lowest BCUT2D eigenvalue weighted by Gasteiger charge is -2.31. The fourth-order valence-electron chi connectivity index (χ4n) is 4.49. The van der Waals surface area contributed by atoms with Gasteiger partial charge in [0.15, 0.2) is 0 Å². The number of carbonyl (C=O) groups excluding carboxylic acids is 2. The number of carboxylic acids is 1.